The van der Waals surface area contributed by atoms with E-state index >= 15 is 0 Å². The summed E-state index contributed by atoms with van der Waals surface area (Å²) in [5.74, 6) is -0.282. The molecule has 1 aromatic carbocycles. The number of benzene rings is 1. The summed E-state index contributed by atoms with van der Waals surface area (Å²) < 4.78 is 21.4. The third-order valence-electron chi connectivity index (χ3n) is 7.65. The Kier molecular flexibility index (Phi) is 5.33. The zero-order valence-corrected chi connectivity index (χ0v) is 19.8. The first-order chi connectivity index (χ1) is 16.2. The van der Waals surface area contributed by atoms with Crippen LogP contribution in [-0.4, -0.2) is 28.2 Å². The number of aryl methyl sites for hydroxylation is 1. The van der Waals surface area contributed by atoms with Gasteiger partial charge in [-0.2, -0.15) is 0 Å². The minimum Gasteiger partial charge on any atom is -0.463 e. The van der Waals surface area contributed by atoms with Gasteiger partial charge in [0.2, 0.25) is 0 Å². The van der Waals surface area contributed by atoms with Crippen molar-refractivity contribution in [2.45, 2.75) is 64.8 Å². The number of hydrogen-bond donors (Lipinski definition) is 2. The van der Waals surface area contributed by atoms with Crippen LogP contribution in [0, 0.1) is 12.7 Å². The van der Waals surface area contributed by atoms with Gasteiger partial charge in [-0.05, 0) is 68.5 Å². The summed E-state index contributed by atoms with van der Waals surface area (Å²) in [6.45, 7) is 5.66. The van der Waals surface area contributed by atoms with E-state index in [-0.39, 0.29) is 29.6 Å². The van der Waals surface area contributed by atoms with Crippen molar-refractivity contribution in [3.63, 3.8) is 0 Å². The van der Waals surface area contributed by atoms with Crippen molar-refractivity contribution < 1.29 is 19.0 Å². The van der Waals surface area contributed by atoms with Gasteiger partial charge >= 0.3 is 0 Å². The quantitative estimate of drug-likeness (QED) is 0.424. The molecule has 2 aliphatic rings. The number of nitrogens with one attached hydrogen (secondary N) is 1. The van der Waals surface area contributed by atoms with Gasteiger partial charge in [0.05, 0.1) is 34.6 Å². The van der Waals surface area contributed by atoms with E-state index in [9.17, 15) is 19.1 Å². The van der Waals surface area contributed by atoms with Gasteiger partial charge < -0.3 is 19.7 Å². The number of aliphatic hydroxyl groups is 1. The summed E-state index contributed by atoms with van der Waals surface area (Å²) in [5, 5.41) is 15.4. The summed E-state index contributed by atoms with van der Waals surface area (Å²) >= 11 is 0. The molecule has 1 aliphatic carbocycles. The van der Waals surface area contributed by atoms with E-state index < -0.39 is 5.60 Å². The Labute approximate surface area is 196 Å². The number of halogens is 1. The highest BCUT2D eigenvalue weighted by Gasteiger charge is 2.36. The minimum atomic E-state index is -1.30. The number of carbonyl (C=O) groups excluding carboxylic acids is 1. The van der Waals surface area contributed by atoms with E-state index in [4.69, 9.17) is 9.72 Å². The highest BCUT2D eigenvalue weighted by atomic mass is 19.1. The van der Waals surface area contributed by atoms with E-state index in [2.05, 4.69) is 5.32 Å². The largest absolute Gasteiger partial charge is 0.463 e. The molecule has 7 nitrogen and oxygen atoms in total. The highest BCUT2D eigenvalue weighted by Crippen LogP contribution is 2.45. The van der Waals surface area contributed by atoms with Crippen LogP contribution >= 0.6 is 0 Å². The molecule has 0 bridgehead atoms. The number of carbonyl (C=O) groups is 1. The van der Waals surface area contributed by atoms with Gasteiger partial charge in [0.1, 0.15) is 12.4 Å². The Bertz CT molecular complexity index is 1410. The second kappa shape index (κ2) is 7.99. The van der Waals surface area contributed by atoms with Gasteiger partial charge in [0, 0.05) is 23.1 Å². The average Bonchev–Trinajstić information content (AvgIpc) is 3.20. The maximum absolute atomic E-state index is 14.8. The zero-order chi connectivity index (χ0) is 24.4. The van der Waals surface area contributed by atoms with Gasteiger partial charge in [-0.3, -0.25) is 9.59 Å². The lowest BCUT2D eigenvalue weighted by molar-refractivity contribution is -0.129. The number of ether oxygens (including phenoxy) is 1. The van der Waals surface area contributed by atoms with Crippen molar-refractivity contribution in [3.8, 4) is 11.4 Å². The van der Waals surface area contributed by atoms with Crippen molar-refractivity contribution in [1.29, 1.82) is 0 Å². The molecular weight excluding hydrogens is 437 g/mol. The molecule has 8 heteroatoms. The van der Waals surface area contributed by atoms with E-state index in [0.717, 1.165) is 34.9 Å². The number of pyridine rings is 2. The van der Waals surface area contributed by atoms with Crippen LogP contribution in [0.2, 0.25) is 0 Å². The first-order valence-electron chi connectivity index (χ1n) is 11.6. The third kappa shape index (κ3) is 3.12. The predicted octanol–water partition coefficient (Wildman–Crippen LogP) is 3.37. The molecule has 0 amide bonds. The Morgan fingerprint density at radius 2 is 2.15 bits per heavy atom. The SMILES string of the molecule is CCC(C)(O)c1cc2n(c(=O)c1COC=O)Cc1c-2nc2cc(F)c(C)c3c2c1[C@@H](NC)CC3. The summed E-state index contributed by atoms with van der Waals surface area (Å²) in [6.07, 6.45) is 1.93. The fraction of sp³-hybridized carbons (Fsp3) is 0.423. The molecule has 1 unspecified atom stereocenters. The van der Waals surface area contributed by atoms with Crippen LogP contribution in [0.1, 0.15) is 66.1 Å². The number of nitrogens with zero attached hydrogens (tertiary/aromatic N) is 2. The molecule has 5 rings (SSSR count). The molecule has 0 fully saturated rings. The molecule has 178 valence electrons. The van der Waals surface area contributed by atoms with Crippen LogP contribution in [0.25, 0.3) is 22.3 Å². The smallest absolute Gasteiger partial charge is 0.293 e. The second-order valence-corrected chi connectivity index (χ2v) is 9.44. The molecule has 0 radical (unpaired) electrons. The maximum atomic E-state index is 14.8. The molecule has 2 aromatic heterocycles. The first kappa shape index (κ1) is 22.7. The van der Waals surface area contributed by atoms with E-state index in [1.165, 1.54) is 6.07 Å². The Balaban J connectivity index is 1.85. The Hall–Kier alpha value is -3.10. The first-order valence-corrected chi connectivity index (χ1v) is 11.6. The molecule has 0 saturated heterocycles. The molecule has 0 saturated carbocycles. The predicted molar refractivity (Wildman–Crippen MR) is 126 cm³/mol. The number of hydrogen-bond acceptors (Lipinski definition) is 6. The topological polar surface area (TPSA) is 93.5 Å². The van der Waals surface area contributed by atoms with Crippen molar-refractivity contribution in [1.82, 2.24) is 14.9 Å². The van der Waals surface area contributed by atoms with Crippen LogP contribution in [0.5, 0.6) is 0 Å². The molecule has 2 atom stereocenters. The number of rotatable bonds is 6. The van der Waals surface area contributed by atoms with Crippen molar-refractivity contribution in [3.05, 3.63) is 61.7 Å². The van der Waals surface area contributed by atoms with Gasteiger partial charge in [-0.25, -0.2) is 9.37 Å². The Morgan fingerprint density at radius 3 is 2.82 bits per heavy atom. The molecule has 3 aromatic rings. The molecule has 2 N–H and O–H groups in total. The van der Waals surface area contributed by atoms with E-state index in [1.807, 2.05) is 14.0 Å². The summed E-state index contributed by atoms with van der Waals surface area (Å²) in [7, 11) is 1.91. The second-order valence-electron chi connectivity index (χ2n) is 9.44. The van der Waals surface area contributed by atoms with Crippen LogP contribution < -0.4 is 10.9 Å². The van der Waals surface area contributed by atoms with Gasteiger partial charge in [-0.15, -0.1) is 0 Å². The fourth-order valence-electron chi connectivity index (χ4n) is 5.56. The molecular formula is C26H28FN3O4. The van der Waals surface area contributed by atoms with Crippen LogP contribution in [0.4, 0.5) is 4.39 Å². The molecule has 3 heterocycles. The summed E-state index contributed by atoms with van der Waals surface area (Å²) in [6, 6.07) is 3.30. The lowest BCUT2D eigenvalue weighted by Crippen LogP contribution is -2.31. The van der Waals surface area contributed by atoms with Crippen LogP contribution in [0.15, 0.2) is 16.9 Å². The number of fused-ring (bicyclic) bond motifs is 4. The van der Waals surface area contributed by atoms with Crippen molar-refractivity contribution in [2.75, 3.05) is 7.05 Å². The minimum absolute atomic E-state index is 0.0534. The highest BCUT2D eigenvalue weighted by molar-refractivity contribution is 5.92. The molecule has 0 spiro atoms. The van der Waals surface area contributed by atoms with Gasteiger partial charge in [-0.1, -0.05) is 6.92 Å². The summed E-state index contributed by atoms with van der Waals surface area (Å²) in [4.78, 5) is 29.3. The summed E-state index contributed by atoms with van der Waals surface area (Å²) in [5.41, 5.74) is 4.45. The monoisotopic (exact) mass is 465 g/mol. The lowest BCUT2D eigenvalue weighted by atomic mass is 9.82. The number of aromatic nitrogens is 2. The average molecular weight is 466 g/mol. The van der Waals surface area contributed by atoms with Crippen molar-refractivity contribution in [2.24, 2.45) is 0 Å². The van der Waals surface area contributed by atoms with Crippen molar-refractivity contribution >= 4 is 17.4 Å². The van der Waals surface area contributed by atoms with Gasteiger partial charge in [0.25, 0.3) is 12.0 Å². The molecule has 34 heavy (non-hydrogen) atoms. The molecule has 1 aliphatic heterocycles. The van der Waals surface area contributed by atoms with Crippen LogP contribution in [-0.2, 0) is 34.7 Å². The standard InChI is InChI=1S/C26H28FN3O4/c1-5-26(3,33)17-8-21-24-15(10-30(21)25(32)16(17)11-34-12-31)23-19(28-4)7-6-14-13(2)18(27)9-20(29-24)22(14)23/h8-9,12,19,28,33H,5-7,10-11H2,1-4H3/t19-,26?/m0/s1. The lowest BCUT2D eigenvalue weighted by Gasteiger charge is -2.28. The zero-order valence-electron chi connectivity index (χ0n) is 19.8. The third-order valence-corrected chi connectivity index (χ3v) is 7.65. The normalized spacial score (nSPS) is 17.9. The van der Waals surface area contributed by atoms with Crippen LogP contribution in [0.3, 0.4) is 0 Å². The van der Waals surface area contributed by atoms with E-state index in [1.54, 1.807) is 24.5 Å². The van der Waals surface area contributed by atoms with E-state index in [0.29, 0.717) is 47.5 Å². The van der Waals surface area contributed by atoms with Gasteiger partial charge in [0.15, 0.2) is 0 Å². The fourth-order valence-corrected chi connectivity index (χ4v) is 5.56. The Morgan fingerprint density at radius 1 is 1.38 bits per heavy atom. The maximum Gasteiger partial charge on any atom is 0.293 e.